The zero-order valence-corrected chi connectivity index (χ0v) is 12.2. The van der Waals surface area contributed by atoms with Gasteiger partial charge in [-0.3, -0.25) is 0 Å². The SMILES string of the molecule is Oc1cc(-c2nc3cc(Cl)ccc3s2)ccc1Br. The van der Waals surface area contributed by atoms with Crippen LogP contribution in [0.15, 0.2) is 40.9 Å². The minimum Gasteiger partial charge on any atom is -0.507 e. The molecule has 0 saturated carbocycles. The van der Waals surface area contributed by atoms with Gasteiger partial charge in [-0.15, -0.1) is 11.3 Å². The molecule has 2 nitrogen and oxygen atoms in total. The molecule has 5 heteroatoms. The summed E-state index contributed by atoms with van der Waals surface area (Å²) in [6, 6.07) is 11.1. The average Bonchev–Trinajstić information content (AvgIpc) is 2.75. The number of halogens is 2. The van der Waals surface area contributed by atoms with Crippen LogP contribution in [0, 0.1) is 0 Å². The van der Waals surface area contributed by atoms with E-state index in [1.54, 1.807) is 17.4 Å². The van der Waals surface area contributed by atoms with Gasteiger partial charge >= 0.3 is 0 Å². The summed E-state index contributed by atoms with van der Waals surface area (Å²) < 4.78 is 1.76. The number of aromatic hydroxyl groups is 1. The number of fused-ring (bicyclic) bond motifs is 1. The van der Waals surface area contributed by atoms with Crippen LogP contribution in [0.1, 0.15) is 0 Å². The number of hydrogen-bond donors (Lipinski definition) is 1. The lowest BCUT2D eigenvalue weighted by Gasteiger charge is -1.99. The van der Waals surface area contributed by atoms with Gasteiger partial charge < -0.3 is 5.11 Å². The Morgan fingerprint density at radius 2 is 2.00 bits per heavy atom. The molecule has 1 aromatic heterocycles. The van der Waals surface area contributed by atoms with Crippen molar-refractivity contribution in [1.29, 1.82) is 0 Å². The van der Waals surface area contributed by atoms with Gasteiger partial charge in [0.15, 0.2) is 0 Å². The average molecular weight is 341 g/mol. The summed E-state index contributed by atoms with van der Waals surface area (Å²) in [5, 5.41) is 11.2. The van der Waals surface area contributed by atoms with E-state index in [9.17, 15) is 5.11 Å². The molecule has 1 heterocycles. The van der Waals surface area contributed by atoms with Crippen LogP contribution in [0.5, 0.6) is 5.75 Å². The highest BCUT2D eigenvalue weighted by Gasteiger charge is 2.08. The van der Waals surface area contributed by atoms with Crippen molar-refractivity contribution in [3.05, 3.63) is 45.9 Å². The van der Waals surface area contributed by atoms with Gasteiger partial charge in [0.05, 0.1) is 14.7 Å². The highest BCUT2D eigenvalue weighted by molar-refractivity contribution is 9.10. The summed E-state index contributed by atoms with van der Waals surface area (Å²) in [6.07, 6.45) is 0. The first-order valence-electron chi connectivity index (χ1n) is 5.18. The largest absolute Gasteiger partial charge is 0.507 e. The lowest BCUT2D eigenvalue weighted by Crippen LogP contribution is -1.76. The van der Waals surface area contributed by atoms with Crippen LogP contribution in [-0.4, -0.2) is 10.1 Å². The molecule has 0 spiro atoms. The second-order valence-electron chi connectivity index (χ2n) is 3.80. The lowest BCUT2D eigenvalue weighted by atomic mass is 10.2. The molecular weight excluding hydrogens is 334 g/mol. The Labute approximate surface area is 121 Å². The number of nitrogens with zero attached hydrogens (tertiary/aromatic N) is 1. The molecular formula is C13H7BrClNOS. The summed E-state index contributed by atoms with van der Waals surface area (Å²) >= 11 is 10.8. The number of rotatable bonds is 1. The first kappa shape index (κ1) is 12.0. The molecule has 3 rings (SSSR count). The molecule has 18 heavy (non-hydrogen) atoms. The molecule has 2 aromatic carbocycles. The van der Waals surface area contributed by atoms with Crippen molar-refractivity contribution in [2.45, 2.75) is 0 Å². The number of phenolic OH excluding ortho intramolecular Hbond substituents is 1. The summed E-state index contributed by atoms with van der Waals surface area (Å²) in [5.74, 6) is 0.213. The Morgan fingerprint density at radius 1 is 1.17 bits per heavy atom. The quantitative estimate of drug-likeness (QED) is 0.669. The number of benzene rings is 2. The van der Waals surface area contributed by atoms with E-state index in [0.29, 0.717) is 9.50 Å². The van der Waals surface area contributed by atoms with E-state index in [1.165, 1.54) is 0 Å². The van der Waals surface area contributed by atoms with E-state index in [2.05, 4.69) is 20.9 Å². The van der Waals surface area contributed by atoms with E-state index in [4.69, 9.17) is 11.6 Å². The smallest absolute Gasteiger partial charge is 0.130 e. The summed E-state index contributed by atoms with van der Waals surface area (Å²) in [7, 11) is 0. The number of hydrogen-bond acceptors (Lipinski definition) is 3. The number of aromatic nitrogens is 1. The minimum absolute atomic E-state index is 0.213. The molecule has 3 aromatic rings. The van der Waals surface area contributed by atoms with Gasteiger partial charge in [0, 0.05) is 10.6 Å². The zero-order valence-electron chi connectivity index (χ0n) is 9.02. The van der Waals surface area contributed by atoms with E-state index in [1.807, 2.05) is 30.3 Å². The van der Waals surface area contributed by atoms with E-state index in [0.717, 1.165) is 20.8 Å². The van der Waals surface area contributed by atoms with Crippen LogP contribution in [-0.2, 0) is 0 Å². The fourth-order valence-electron chi connectivity index (χ4n) is 1.67. The number of phenols is 1. The standard InChI is InChI=1S/C13H7BrClNOS/c14-9-3-1-7(5-11(9)17)13-16-10-6-8(15)2-4-12(10)18-13/h1-6,17H. The second-order valence-corrected chi connectivity index (χ2v) is 6.12. The van der Waals surface area contributed by atoms with Crippen LogP contribution < -0.4 is 0 Å². The van der Waals surface area contributed by atoms with Gasteiger partial charge in [0.2, 0.25) is 0 Å². The van der Waals surface area contributed by atoms with Gasteiger partial charge in [0.25, 0.3) is 0 Å². The van der Waals surface area contributed by atoms with Crippen LogP contribution in [0.2, 0.25) is 5.02 Å². The van der Waals surface area contributed by atoms with Gasteiger partial charge in [-0.05, 0) is 46.3 Å². The van der Waals surface area contributed by atoms with Crippen molar-refractivity contribution in [2.24, 2.45) is 0 Å². The Bertz CT molecular complexity index is 741. The van der Waals surface area contributed by atoms with Crippen molar-refractivity contribution >= 4 is 49.1 Å². The number of thiazole rings is 1. The molecule has 0 unspecified atom stereocenters. The topological polar surface area (TPSA) is 33.1 Å². The fraction of sp³-hybridized carbons (Fsp3) is 0. The molecule has 0 saturated heterocycles. The van der Waals surface area contributed by atoms with Crippen LogP contribution in [0.3, 0.4) is 0 Å². The molecule has 0 bridgehead atoms. The predicted molar refractivity (Wildman–Crippen MR) is 79.4 cm³/mol. The molecule has 0 aliphatic heterocycles. The third-order valence-corrected chi connectivity index (χ3v) is 4.53. The molecule has 0 amide bonds. The molecule has 0 aliphatic rings. The molecule has 1 N–H and O–H groups in total. The summed E-state index contributed by atoms with van der Waals surface area (Å²) in [6.45, 7) is 0. The molecule has 0 radical (unpaired) electrons. The minimum atomic E-state index is 0.213. The molecule has 0 atom stereocenters. The molecule has 0 fully saturated rings. The van der Waals surface area contributed by atoms with E-state index < -0.39 is 0 Å². The highest BCUT2D eigenvalue weighted by Crippen LogP contribution is 2.34. The van der Waals surface area contributed by atoms with Gasteiger partial charge in [0.1, 0.15) is 10.8 Å². The van der Waals surface area contributed by atoms with E-state index in [-0.39, 0.29) is 5.75 Å². The Morgan fingerprint density at radius 3 is 2.78 bits per heavy atom. The lowest BCUT2D eigenvalue weighted by molar-refractivity contribution is 0.472. The van der Waals surface area contributed by atoms with Crippen LogP contribution >= 0.6 is 38.9 Å². The summed E-state index contributed by atoms with van der Waals surface area (Å²) in [5.41, 5.74) is 1.78. The highest BCUT2D eigenvalue weighted by atomic mass is 79.9. The monoisotopic (exact) mass is 339 g/mol. The van der Waals surface area contributed by atoms with Crippen molar-refractivity contribution in [3.63, 3.8) is 0 Å². The van der Waals surface area contributed by atoms with Crippen molar-refractivity contribution in [1.82, 2.24) is 4.98 Å². The van der Waals surface area contributed by atoms with Gasteiger partial charge in [-0.1, -0.05) is 17.7 Å². The Balaban J connectivity index is 2.16. The predicted octanol–water partition coefficient (Wildman–Crippen LogP) is 5.08. The van der Waals surface area contributed by atoms with Crippen molar-refractivity contribution in [3.8, 4) is 16.3 Å². The Kier molecular flexibility index (Phi) is 3.01. The maximum Gasteiger partial charge on any atom is 0.130 e. The normalized spacial score (nSPS) is 11.0. The zero-order chi connectivity index (χ0) is 12.7. The first-order chi connectivity index (χ1) is 8.63. The van der Waals surface area contributed by atoms with Gasteiger partial charge in [-0.2, -0.15) is 0 Å². The fourth-order valence-corrected chi connectivity index (χ4v) is 3.03. The van der Waals surface area contributed by atoms with Crippen molar-refractivity contribution < 1.29 is 5.11 Å². The molecule has 90 valence electrons. The van der Waals surface area contributed by atoms with E-state index >= 15 is 0 Å². The maximum atomic E-state index is 9.69. The Hall–Kier alpha value is -1.10. The maximum absolute atomic E-state index is 9.69. The molecule has 0 aliphatic carbocycles. The third kappa shape index (κ3) is 2.11. The van der Waals surface area contributed by atoms with Gasteiger partial charge in [-0.25, -0.2) is 4.98 Å². The second kappa shape index (κ2) is 4.53. The van der Waals surface area contributed by atoms with Crippen molar-refractivity contribution in [2.75, 3.05) is 0 Å². The first-order valence-corrected chi connectivity index (χ1v) is 7.17. The van der Waals surface area contributed by atoms with Crippen LogP contribution in [0.25, 0.3) is 20.8 Å². The van der Waals surface area contributed by atoms with Crippen LogP contribution in [0.4, 0.5) is 0 Å². The third-order valence-electron chi connectivity index (χ3n) is 2.54. The summed E-state index contributed by atoms with van der Waals surface area (Å²) in [4.78, 5) is 4.52.